The van der Waals surface area contributed by atoms with Gasteiger partial charge >= 0.3 is 0 Å². The van der Waals surface area contributed by atoms with Crippen molar-refractivity contribution in [3.8, 4) is 23.6 Å². The molecule has 0 saturated carbocycles. The summed E-state index contributed by atoms with van der Waals surface area (Å²) in [6, 6.07) is 18.2. The van der Waals surface area contributed by atoms with Crippen molar-refractivity contribution in [1.29, 1.82) is 0 Å². The summed E-state index contributed by atoms with van der Waals surface area (Å²) in [6.07, 6.45) is 5.37. The molecule has 0 spiro atoms. The Kier molecular flexibility index (Phi) is 2.78. The molecule has 0 aliphatic carbocycles. The number of benzene rings is 2. The molecule has 1 nitrogen and oxygen atoms in total. The zero-order valence-corrected chi connectivity index (χ0v) is 10.7. The number of para-hydroxylation sites is 1. The standard InChI is InChI=1S/C18H13N/c1-3-14-8-10-15(11-9-14)18-12-13(2)16-6-4-5-7-17(16)19-18/h1,4-12H,2H3. The highest BCUT2D eigenvalue weighted by Crippen LogP contribution is 2.24. The van der Waals surface area contributed by atoms with Crippen molar-refractivity contribution in [2.24, 2.45) is 0 Å². The van der Waals surface area contributed by atoms with Crippen LogP contribution in [0.15, 0.2) is 54.6 Å². The molecule has 0 radical (unpaired) electrons. The van der Waals surface area contributed by atoms with Crippen LogP contribution < -0.4 is 0 Å². The van der Waals surface area contributed by atoms with E-state index in [0.29, 0.717) is 0 Å². The highest BCUT2D eigenvalue weighted by molar-refractivity contribution is 5.84. The van der Waals surface area contributed by atoms with Crippen molar-refractivity contribution >= 4 is 10.9 Å². The molecule has 1 heteroatoms. The van der Waals surface area contributed by atoms with Gasteiger partial charge in [0.2, 0.25) is 0 Å². The van der Waals surface area contributed by atoms with Gasteiger partial charge in [-0.1, -0.05) is 36.3 Å². The maximum Gasteiger partial charge on any atom is 0.0712 e. The molecule has 0 aliphatic heterocycles. The zero-order chi connectivity index (χ0) is 13.2. The van der Waals surface area contributed by atoms with Gasteiger partial charge in [0.05, 0.1) is 11.2 Å². The van der Waals surface area contributed by atoms with Crippen LogP contribution in [-0.2, 0) is 0 Å². The molecule has 0 aliphatic rings. The van der Waals surface area contributed by atoms with Crippen LogP contribution >= 0.6 is 0 Å². The second-order valence-electron chi connectivity index (χ2n) is 4.56. The Labute approximate surface area is 112 Å². The first-order valence-corrected chi connectivity index (χ1v) is 6.21. The first-order chi connectivity index (χ1) is 9.28. The van der Waals surface area contributed by atoms with Gasteiger partial charge in [-0.05, 0) is 36.8 Å². The second-order valence-corrected chi connectivity index (χ2v) is 4.56. The number of nitrogens with zero attached hydrogens (tertiary/aromatic N) is 1. The first-order valence-electron chi connectivity index (χ1n) is 6.21. The van der Waals surface area contributed by atoms with Gasteiger partial charge in [0.1, 0.15) is 0 Å². The lowest BCUT2D eigenvalue weighted by Gasteiger charge is -2.06. The van der Waals surface area contributed by atoms with E-state index in [4.69, 9.17) is 11.4 Å². The summed E-state index contributed by atoms with van der Waals surface area (Å²) in [5.41, 5.74) is 5.23. The summed E-state index contributed by atoms with van der Waals surface area (Å²) < 4.78 is 0. The van der Waals surface area contributed by atoms with E-state index in [1.54, 1.807) is 0 Å². The van der Waals surface area contributed by atoms with Crippen LogP contribution in [0.5, 0.6) is 0 Å². The summed E-state index contributed by atoms with van der Waals surface area (Å²) in [5.74, 6) is 2.63. The zero-order valence-electron chi connectivity index (χ0n) is 10.7. The van der Waals surface area contributed by atoms with Crippen LogP contribution in [-0.4, -0.2) is 4.98 Å². The SMILES string of the molecule is C#Cc1ccc(-c2cc(C)c3ccccc3n2)cc1. The van der Waals surface area contributed by atoms with Gasteiger partial charge in [0, 0.05) is 16.5 Å². The molecular formula is C18H13N. The van der Waals surface area contributed by atoms with Gasteiger partial charge in [-0.25, -0.2) is 4.98 Å². The summed E-state index contributed by atoms with van der Waals surface area (Å²) in [5, 5.41) is 1.20. The summed E-state index contributed by atoms with van der Waals surface area (Å²) in [6.45, 7) is 2.11. The molecular weight excluding hydrogens is 230 g/mol. The number of fused-ring (bicyclic) bond motifs is 1. The van der Waals surface area contributed by atoms with Crippen molar-refractivity contribution in [2.45, 2.75) is 6.92 Å². The summed E-state index contributed by atoms with van der Waals surface area (Å²) >= 11 is 0. The fourth-order valence-electron chi connectivity index (χ4n) is 2.23. The van der Waals surface area contributed by atoms with E-state index in [1.807, 2.05) is 42.5 Å². The normalized spacial score (nSPS) is 10.3. The molecule has 0 unspecified atom stereocenters. The number of terminal acetylenes is 1. The van der Waals surface area contributed by atoms with E-state index >= 15 is 0 Å². The lowest BCUT2D eigenvalue weighted by molar-refractivity contribution is 1.36. The molecule has 0 N–H and O–H groups in total. The molecule has 3 rings (SSSR count). The summed E-state index contributed by atoms with van der Waals surface area (Å²) in [7, 11) is 0. The Balaban J connectivity index is 2.17. The molecule has 1 aromatic heterocycles. The Morgan fingerprint density at radius 3 is 2.47 bits per heavy atom. The number of hydrogen-bond acceptors (Lipinski definition) is 1. The van der Waals surface area contributed by atoms with E-state index in [-0.39, 0.29) is 0 Å². The van der Waals surface area contributed by atoms with Crippen LogP contribution in [0.4, 0.5) is 0 Å². The summed E-state index contributed by atoms with van der Waals surface area (Å²) in [4.78, 5) is 4.71. The third kappa shape index (κ3) is 2.09. The van der Waals surface area contributed by atoms with Crippen molar-refractivity contribution in [1.82, 2.24) is 4.98 Å². The van der Waals surface area contributed by atoms with Crippen LogP contribution in [0.1, 0.15) is 11.1 Å². The Morgan fingerprint density at radius 2 is 1.74 bits per heavy atom. The van der Waals surface area contributed by atoms with Gasteiger partial charge in [0.15, 0.2) is 0 Å². The number of rotatable bonds is 1. The number of aryl methyl sites for hydroxylation is 1. The predicted octanol–water partition coefficient (Wildman–Crippen LogP) is 4.19. The lowest BCUT2D eigenvalue weighted by atomic mass is 10.0. The fourth-order valence-corrected chi connectivity index (χ4v) is 2.23. The Hall–Kier alpha value is -2.59. The van der Waals surface area contributed by atoms with Crippen molar-refractivity contribution in [3.05, 3.63) is 65.7 Å². The highest BCUT2D eigenvalue weighted by atomic mass is 14.7. The van der Waals surface area contributed by atoms with E-state index < -0.39 is 0 Å². The van der Waals surface area contributed by atoms with E-state index in [1.165, 1.54) is 10.9 Å². The molecule has 0 fully saturated rings. The molecule has 1 heterocycles. The third-order valence-electron chi connectivity index (χ3n) is 3.27. The average molecular weight is 243 g/mol. The third-order valence-corrected chi connectivity index (χ3v) is 3.27. The molecule has 19 heavy (non-hydrogen) atoms. The maximum absolute atomic E-state index is 5.37. The number of pyridine rings is 1. The smallest absolute Gasteiger partial charge is 0.0712 e. The molecule has 0 atom stereocenters. The van der Waals surface area contributed by atoms with Crippen LogP contribution in [0.2, 0.25) is 0 Å². The van der Waals surface area contributed by atoms with Gasteiger partial charge in [-0.3, -0.25) is 0 Å². The van der Waals surface area contributed by atoms with Crippen LogP contribution in [0.3, 0.4) is 0 Å². The van der Waals surface area contributed by atoms with E-state index in [0.717, 1.165) is 22.3 Å². The van der Waals surface area contributed by atoms with Crippen LogP contribution in [0, 0.1) is 19.3 Å². The fraction of sp³-hybridized carbons (Fsp3) is 0.0556. The van der Waals surface area contributed by atoms with Crippen LogP contribution in [0.25, 0.3) is 22.2 Å². The van der Waals surface area contributed by atoms with Crippen molar-refractivity contribution in [3.63, 3.8) is 0 Å². The number of aromatic nitrogens is 1. The highest BCUT2D eigenvalue weighted by Gasteiger charge is 2.04. The van der Waals surface area contributed by atoms with Crippen molar-refractivity contribution < 1.29 is 0 Å². The van der Waals surface area contributed by atoms with E-state index in [9.17, 15) is 0 Å². The largest absolute Gasteiger partial charge is 0.248 e. The number of hydrogen-bond donors (Lipinski definition) is 0. The topological polar surface area (TPSA) is 12.9 Å². The molecule has 0 amide bonds. The Bertz CT molecular complexity index is 777. The Morgan fingerprint density at radius 1 is 1.00 bits per heavy atom. The van der Waals surface area contributed by atoms with Gasteiger partial charge in [0.25, 0.3) is 0 Å². The minimum atomic E-state index is 0.890. The maximum atomic E-state index is 5.37. The van der Waals surface area contributed by atoms with Gasteiger partial charge < -0.3 is 0 Å². The molecule has 0 bridgehead atoms. The minimum Gasteiger partial charge on any atom is -0.248 e. The van der Waals surface area contributed by atoms with Gasteiger partial charge in [-0.2, -0.15) is 0 Å². The van der Waals surface area contributed by atoms with Gasteiger partial charge in [-0.15, -0.1) is 6.42 Å². The van der Waals surface area contributed by atoms with E-state index in [2.05, 4.69) is 25.0 Å². The van der Waals surface area contributed by atoms with Crippen molar-refractivity contribution in [2.75, 3.05) is 0 Å². The molecule has 3 aromatic rings. The first kappa shape index (κ1) is 11.5. The molecule has 90 valence electrons. The quantitative estimate of drug-likeness (QED) is 0.584. The molecule has 0 saturated heterocycles. The second kappa shape index (κ2) is 4.59. The minimum absolute atomic E-state index is 0.890. The monoisotopic (exact) mass is 243 g/mol. The predicted molar refractivity (Wildman–Crippen MR) is 79.9 cm³/mol. The average Bonchev–Trinajstić information content (AvgIpc) is 2.47. The lowest BCUT2D eigenvalue weighted by Crippen LogP contribution is -1.88. The molecule has 2 aromatic carbocycles.